The molecule has 0 aliphatic carbocycles. The summed E-state index contributed by atoms with van der Waals surface area (Å²) in [6.45, 7) is 12.6. The van der Waals surface area contributed by atoms with E-state index in [2.05, 4.69) is 32.6 Å². The van der Waals surface area contributed by atoms with Crippen molar-refractivity contribution in [2.45, 2.75) is 39.3 Å². The van der Waals surface area contributed by atoms with Crippen LogP contribution in [0, 0.1) is 5.92 Å². The summed E-state index contributed by atoms with van der Waals surface area (Å²) in [5, 5.41) is 0. The lowest BCUT2D eigenvalue weighted by atomic mass is 10.0. The molecule has 1 fully saturated rings. The van der Waals surface area contributed by atoms with Gasteiger partial charge in [-0.05, 0) is 26.7 Å². The lowest BCUT2D eigenvalue weighted by Crippen LogP contribution is -2.50. The zero-order chi connectivity index (χ0) is 10.8. The van der Waals surface area contributed by atoms with Gasteiger partial charge in [0.15, 0.2) is 0 Å². The molecule has 0 saturated carbocycles. The summed E-state index contributed by atoms with van der Waals surface area (Å²) in [5.41, 5.74) is 5.87. The Labute approximate surface area is 87.6 Å². The van der Waals surface area contributed by atoms with Gasteiger partial charge in [0, 0.05) is 25.7 Å². The van der Waals surface area contributed by atoms with E-state index in [0.29, 0.717) is 5.92 Å². The molecule has 2 unspecified atom stereocenters. The lowest BCUT2D eigenvalue weighted by molar-refractivity contribution is -0.0889. The molecule has 1 rings (SSSR count). The zero-order valence-corrected chi connectivity index (χ0v) is 9.92. The predicted molar refractivity (Wildman–Crippen MR) is 59.3 cm³/mol. The number of nitrogens with two attached hydrogens (primary N) is 1. The van der Waals surface area contributed by atoms with Gasteiger partial charge in [-0.25, -0.2) is 0 Å². The SMILES string of the molecule is CC(N)C(C)CN1CCOC(C)(C)C1. The minimum atomic E-state index is 0.00973. The zero-order valence-electron chi connectivity index (χ0n) is 9.92. The first-order valence-electron chi connectivity index (χ1n) is 5.52. The first kappa shape index (κ1) is 12.0. The van der Waals surface area contributed by atoms with Gasteiger partial charge in [0.05, 0.1) is 12.2 Å². The maximum atomic E-state index is 5.86. The average molecular weight is 200 g/mol. The van der Waals surface area contributed by atoms with Gasteiger partial charge in [0.25, 0.3) is 0 Å². The van der Waals surface area contributed by atoms with Crippen molar-refractivity contribution in [2.24, 2.45) is 11.7 Å². The Morgan fingerprint density at radius 3 is 2.57 bits per heavy atom. The van der Waals surface area contributed by atoms with Crippen LogP contribution in [0.5, 0.6) is 0 Å². The third-order valence-corrected chi connectivity index (χ3v) is 2.95. The van der Waals surface area contributed by atoms with Gasteiger partial charge in [0.1, 0.15) is 0 Å². The molecule has 0 amide bonds. The van der Waals surface area contributed by atoms with Gasteiger partial charge in [-0.15, -0.1) is 0 Å². The van der Waals surface area contributed by atoms with Crippen molar-refractivity contribution < 1.29 is 4.74 Å². The smallest absolute Gasteiger partial charge is 0.0753 e. The highest BCUT2D eigenvalue weighted by Gasteiger charge is 2.28. The van der Waals surface area contributed by atoms with Gasteiger partial charge < -0.3 is 10.5 Å². The van der Waals surface area contributed by atoms with Gasteiger partial charge in [0.2, 0.25) is 0 Å². The van der Waals surface area contributed by atoms with E-state index in [9.17, 15) is 0 Å². The molecule has 1 saturated heterocycles. The topological polar surface area (TPSA) is 38.5 Å². The number of hydrogen-bond donors (Lipinski definition) is 1. The molecular weight excluding hydrogens is 176 g/mol. The normalized spacial score (nSPS) is 27.2. The average Bonchev–Trinajstić information content (AvgIpc) is 2.01. The third kappa shape index (κ3) is 3.56. The van der Waals surface area contributed by atoms with Gasteiger partial charge in [-0.3, -0.25) is 4.90 Å². The van der Waals surface area contributed by atoms with Crippen LogP contribution in [0.2, 0.25) is 0 Å². The summed E-state index contributed by atoms with van der Waals surface area (Å²) in [5.74, 6) is 0.559. The van der Waals surface area contributed by atoms with Crippen molar-refractivity contribution in [3.63, 3.8) is 0 Å². The first-order chi connectivity index (χ1) is 6.41. The molecule has 1 aliphatic heterocycles. The molecule has 84 valence electrons. The van der Waals surface area contributed by atoms with Crippen molar-refractivity contribution in [1.29, 1.82) is 0 Å². The molecule has 0 aromatic carbocycles. The molecular formula is C11H24N2O. The van der Waals surface area contributed by atoms with E-state index >= 15 is 0 Å². The van der Waals surface area contributed by atoms with Crippen LogP contribution >= 0.6 is 0 Å². The Hall–Kier alpha value is -0.120. The van der Waals surface area contributed by atoms with Crippen LogP contribution in [0.3, 0.4) is 0 Å². The minimum absolute atomic E-state index is 0.00973. The molecule has 0 spiro atoms. The second-order valence-electron chi connectivity index (χ2n) is 5.18. The number of rotatable bonds is 3. The molecule has 1 heterocycles. The van der Waals surface area contributed by atoms with Crippen LogP contribution in [0.15, 0.2) is 0 Å². The van der Waals surface area contributed by atoms with Crippen LogP contribution < -0.4 is 5.73 Å². The Bertz CT molecular complexity index is 180. The number of morpholine rings is 1. The number of hydrogen-bond acceptors (Lipinski definition) is 3. The van der Waals surface area contributed by atoms with Crippen molar-refractivity contribution in [3.8, 4) is 0 Å². The molecule has 3 heteroatoms. The van der Waals surface area contributed by atoms with E-state index in [0.717, 1.165) is 26.2 Å². The highest BCUT2D eigenvalue weighted by Crippen LogP contribution is 2.17. The fourth-order valence-electron chi connectivity index (χ4n) is 1.84. The van der Waals surface area contributed by atoms with Crippen molar-refractivity contribution >= 4 is 0 Å². The van der Waals surface area contributed by atoms with E-state index in [4.69, 9.17) is 10.5 Å². The van der Waals surface area contributed by atoms with E-state index in [-0.39, 0.29) is 11.6 Å². The fraction of sp³-hybridized carbons (Fsp3) is 1.00. The number of ether oxygens (including phenoxy) is 1. The fourth-order valence-corrected chi connectivity index (χ4v) is 1.84. The van der Waals surface area contributed by atoms with Crippen LogP contribution in [-0.4, -0.2) is 42.8 Å². The summed E-state index contributed by atoms with van der Waals surface area (Å²) in [4.78, 5) is 2.46. The molecule has 0 aromatic heterocycles. The Balaban J connectivity index is 2.38. The molecule has 2 atom stereocenters. The standard InChI is InChI=1S/C11H24N2O/c1-9(10(2)12)7-13-5-6-14-11(3,4)8-13/h9-10H,5-8,12H2,1-4H3. The van der Waals surface area contributed by atoms with Crippen LogP contribution in [-0.2, 0) is 4.74 Å². The summed E-state index contributed by atoms with van der Waals surface area (Å²) >= 11 is 0. The second kappa shape index (κ2) is 4.60. The summed E-state index contributed by atoms with van der Waals surface area (Å²) in [6.07, 6.45) is 0. The predicted octanol–water partition coefficient (Wildman–Crippen LogP) is 1.08. The molecule has 14 heavy (non-hydrogen) atoms. The highest BCUT2D eigenvalue weighted by molar-refractivity contribution is 4.81. The van der Waals surface area contributed by atoms with Gasteiger partial charge in [-0.2, -0.15) is 0 Å². The summed E-state index contributed by atoms with van der Waals surface area (Å²) in [7, 11) is 0. The van der Waals surface area contributed by atoms with E-state index in [1.807, 2.05) is 0 Å². The quantitative estimate of drug-likeness (QED) is 0.741. The monoisotopic (exact) mass is 200 g/mol. The molecule has 0 radical (unpaired) electrons. The molecule has 2 N–H and O–H groups in total. The summed E-state index contributed by atoms with van der Waals surface area (Å²) in [6, 6.07) is 0.279. The Kier molecular flexibility index (Phi) is 3.93. The van der Waals surface area contributed by atoms with Crippen molar-refractivity contribution in [2.75, 3.05) is 26.2 Å². The molecule has 0 aromatic rings. The van der Waals surface area contributed by atoms with E-state index in [1.165, 1.54) is 0 Å². The summed E-state index contributed by atoms with van der Waals surface area (Å²) < 4.78 is 5.66. The maximum absolute atomic E-state index is 5.86. The Morgan fingerprint density at radius 2 is 2.07 bits per heavy atom. The van der Waals surface area contributed by atoms with E-state index < -0.39 is 0 Å². The van der Waals surface area contributed by atoms with Crippen LogP contribution in [0.25, 0.3) is 0 Å². The highest BCUT2D eigenvalue weighted by atomic mass is 16.5. The second-order valence-corrected chi connectivity index (χ2v) is 5.18. The first-order valence-corrected chi connectivity index (χ1v) is 5.52. The van der Waals surface area contributed by atoms with Crippen LogP contribution in [0.1, 0.15) is 27.7 Å². The number of nitrogens with zero attached hydrogens (tertiary/aromatic N) is 1. The van der Waals surface area contributed by atoms with Crippen molar-refractivity contribution in [3.05, 3.63) is 0 Å². The van der Waals surface area contributed by atoms with Gasteiger partial charge >= 0.3 is 0 Å². The largest absolute Gasteiger partial charge is 0.373 e. The van der Waals surface area contributed by atoms with Crippen molar-refractivity contribution in [1.82, 2.24) is 4.90 Å². The van der Waals surface area contributed by atoms with Gasteiger partial charge in [-0.1, -0.05) is 6.92 Å². The lowest BCUT2D eigenvalue weighted by Gasteiger charge is -2.39. The van der Waals surface area contributed by atoms with Crippen LogP contribution in [0.4, 0.5) is 0 Å². The van der Waals surface area contributed by atoms with E-state index in [1.54, 1.807) is 0 Å². The minimum Gasteiger partial charge on any atom is -0.373 e. The molecule has 0 bridgehead atoms. The molecule has 1 aliphatic rings. The Morgan fingerprint density at radius 1 is 1.43 bits per heavy atom. The molecule has 3 nitrogen and oxygen atoms in total. The third-order valence-electron chi connectivity index (χ3n) is 2.95. The maximum Gasteiger partial charge on any atom is 0.0753 e.